The van der Waals surface area contributed by atoms with Crippen LogP contribution in [-0.4, -0.2) is 56.0 Å². The molecular formula is C17H24N4O6. The average molecular weight is 380 g/mol. The molecule has 10 heteroatoms. The number of ether oxygens (including phenoxy) is 1. The normalized spacial score (nSPS) is 11.3. The van der Waals surface area contributed by atoms with Gasteiger partial charge in [0, 0.05) is 26.7 Å². The first-order valence-electron chi connectivity index (χ1n) is 8.37. The van der Waals surface area contributed by atoms with Crippen LogP contribution >= 0.6 is 0 Å². The van der Waals surface area contributed by atoms with Gasteiger partial charge in [-0.3, -0.25) is 19.7 Å². The molecule has 0 spiro atoms. The van der Waals surface area contributed by atoms with E-state index in [4.69, 9.17) is 4.74 Å². The highest BCUT2D eigenvalue weighted by molar-refractivity contribution is 5.93. The molecule has 0 aliphatic carbocycles. The molecule has 0 saturated carbocycles. The first-order valence-corrected chi connectivity index (χ1v) is 8.37. The molecule has 2 amide bonds. The molecule has 148 valence electrons. The average Bonchev–Trinajstić information content (AvgIpc) is 2.63. The van der Waals surface area contributed by atoms with E-state index in [0.717, 1.165) is 12.5 Å². The van der Waals surface area contributed by atoms with E-state index in [1.807, 2.05) is 6.92 Å². The minimum Gasteiger partial charge on any atom is -0.452 e. The van der Waals surface area contributed by atoms with Crippen LogP contribution in [-0.2, 0) is 14.3 Å². The van der Waals surface area contributed by atoms with Crippen LogP contribution < -0.4 is 15.5 Å². The third kappa shape index (κ3) is 6.57. The summed E-state index contributed by atoms with van der Waals surface area (Å²) < 4.78 is 4.87. The SMILES string of the molecule is CCCNC(=O)[C@H](C)NC(=O)COC(=O)c1ccc(N(C)C)c([N+](=O)[O-])c1. The molecule has 2 N–H and O–H groups in total. The quantitative estimate of drug-likeness (QED) is 0.369. The Balaban J connectivity index is 2.66. The third-order valence-electron chi connectivity index (χ3n) is 3.54. The number of carbonyl (C=O) groups excluding carboxylic acids is 3. The molecule has 0 fully saturated rings. The number of amides is 2. The van der Waals surface area contributed by atoms with E-state index in [0.29, 0.717) is 12.2 Å². The van der Waals surface area contributed by atoms with E-state index in [1.165, 1.54) is 19.1 Å². The number of nitro benzene ring substituents is 1. The fourth-order valence-corrected chi connectivity index (χ4v) is 2.14. The molecule has 0 heterocycles. The number of carbonyl (C=O) groups is 3. The second kappa shape index (κ2) is 10.1. The monoisotopic (exact) mass is 380 g/mol. The molecule has 1 aromatic rings. The smallest absolute Gasteiger partial charge is 0.338 e. The topological polar surface area (TPSA) is 131 Å². The van der Waals surface area contributed by atoms with E-state index in [1.54, 1.807) is 19.0 Å². The number of hydrogen-bond donors (Lipinski definition) is 2. The summed E-state index contributed by atoms with van der Waals surface area (Å²) in [6.45, 7) is 3.30. The van der Waals surface area contributed by atoms with E-state index in [-0.39, 0.29) is 17.2 Å². The Morgan fingerprint density at radius 3 is 2.52 bits per heavy atom. The molecule has 27 heavy (non-hydrogen) atoms. The number of rotatable bonds is 9. The Hall–Kier alpha value is -3.17. The van der Waals surface area contributed by atoms with Gasteiger partial charge in [0.05, 0.1) is 10.5 Å². The van der Waals surface area contributed by atoms with Gasteiger partial charge in [-0.1, -0.05) is 6.92 Å². The summed E-state index contributed by atoms with van der Waals surface area (Å²) in [5.41, 5.74) is 0.0372. The summed E-state index contributed by atoms with van der Waals surface area (Å²) in [6, 6.07) is 3.12. The Labute approximate surface area is 157 Å². The van der Waals surface area contributed by atoms with Crippen molar-refractivity contribution in [3.8, 4) is 0 Å². The number of nitrogens with zero attached hydrogens (tertiary/aromatic N) is 2. The number of hydrogen-bond acceptors (Lipinski definition) is 7. The van der Waals surface area contributed by atoms with Crippen molar-refractivity contribution < 1.29 is 24.0 Å². The molecule has 0 unspecified atom stereocenters. The van der Waals surface area contributed by atoms with Crippen molar-refractivity contribution >= 4 is 29.2 Å². The zero-order chi connectivity index (χ0) is 20.6. The predicted molar refractivity (Wildman–Crippen MR) is 98.6 cm³/mol. The first-order chi connectivity index (χ1) is 12.7. The number of nitrogens with one attached hydrogen (secondary N) is 2. The van der Waals surface area contributed by atoms with Gasteiger partial charge < -0.3 is 20.3 Å². The fraction of sp³-hybridized carbons (Fsp3) is 0.471. The molecule has 1 aromatic carbocycles. The highest BCUT2D eigenvalue weighted by atomic mass is 16.6. The second-order valence-corrected chi connectivity index (χ2v) is 6.01. The highest BCUT2D eigenvalue weighted by Crippen LogP contribution is 2.27. The van der Waals surface area contributed by atoms with Gasteiger partial charge >= 0.3 is 5.97 Å². The van der Waals surface area contributed by atoms with E-state index in [2.05, 4.69) is 10.6 Å². The van der Waals surface area contributed by atoms with Gasteiger partial charge in [0.2, 0.25) is 5.91 Å². The maximum Gasteiger partial charge on any atom is 0.338 e. The van der Waals surface area contributed by atoms with Gasteiger partial charge in [-0.25, -0.2) is 4.79 Å². The van der Waals surface area contributed by atoms with Gasteiger partial charge in [0.25, 0.3) is 11.6 Å². The van der Waals surface area contributed by atoms with Gasteiger partial charge in [-0.05, 0) is 25.5 Å². The van der Waals surface area contributed by atoms with Crippen molar-refractivity contribution in [3.63, 3.8) is 0 Å². The molecule has 1 rings (SSSR count). The number of esters is 1. The van der Waals surface area contributed by atoms with E-state index < -0.39 is 29.4 Å². The summed E-state index contributed by atoms with van der Waals surface area (Å²) in [7, 11) is 3.28. The third-order valence-corrected chi connectivity index (χ3v) is 3.54. The van der Waals surface area contributed by atoms with Crippen molar-refractivity contribution in [3.05, 3.63) is 33.9 Å². The van der Waals surface area contributed by atoms with Crippen molar-refractivity contribution in [2.24, 2.45) is 0 Å². The van der Waals surface area contributed by atoms with E-state index >= 15 is 0 Å². The standard InChI is InChI=1S/C17H24N4O6/c1-5-8-18-16(23)11(2)19-15(22)10-27-17(24)12-6-7-13(20(3)4)14(9-12)21(25)26/h6-7,9,11H,5,8,10H2,1-4H3,(H,18,23)(H,19,22)/t11-/m0/s1. The van der Waals surface area contributed by atoms with E-state index in [9.17, 15) is 24.5 Å². The summed E-state index contributed by atoms with van der Waals surface area (Å²) in [5, 5.41) is 16.2. The van der Waals surface area contributed by atoms with Crippen LogP contribution in [0.15, 0.2) is 18.2 Å². The zero-order valence-corrected chi connectivity index (χ0v) is 15.8. The molecule has 0 saturated heterocycles. The van der Waals surface area contributed by atoms with Crippen LogP contribution in [0.25, 0.3) is 0 Å². The van der Waals surface area contributed by atoms with Crippen LogP contribution in [0.5, 0.6) is 0 Å². The lowest BCUT2D eigenvalue weighted by atomic mass is 10.1. The van der Waals surface area contributed by atoms with Crippen molar-refractivity contribution in [1.82, 2.24) is 10.6 Å². The molecular weight excluding hydrogens is 356 g/mol. The van der Waals surface area contributed by atoms with Crippen molar-refractivity contribution in [1.29, 1.82) is 0 Å². The molecule has 0 aliphatic heterocycles. The Morgan fingerprint density at radius 1 is 1.30 bits per heavy atom. The summed E-state index contributed by atoms with van der Waals surface area (Å²) >= 11 is 0. The van der Waals surface area contributed by atoms with Gasteiger partial charge in [-0.15, -0.1) is 0 Å². The molecule has 0 aliphatic rings. The largest absolute Gasteiger partial charge is 0.452 e. The van der Waals surface area contributed by atoms with Crippen LogP contribution in [0, 0.1) is 10.1 Å². The fourth-order valence-electron chi connectivity index (χ4n) is 2.14. The molecule has 10 nitrogen and oxygen atoms in total. The van der Waals surface area contributed by atoms with Gasteiger partial charge in [-0.2, -0.15) is 0 Å². The maximum absolute atomic E-state index is 12.0. The van der Waals surface area contributed by atoms with Gasteiger partial charge in [0.1, 0.15) is 11.7 Å². The Morgan fingerprint density at radius 2 is 1.96 bits per heavy atom. The molecule has 0 radical (unpaired) electrons. The van der Waals surface area contributed by atoms with Crippen LogP contribution in [0.4, 0.5) is 11.4 Å². The lowest BCUT2D eigenvalue weighted by Crippen LogP contribution is -2.46. The predicted octanol–water partition coefficient (Wildman–Crippen LogP) is 0.849. The molecule has 0 bridgehead atoms. The van der Waals surface area contributed by atoms with Crippen LogP contribution in [0.1, 0.15) is 30.6 Å². The highest BCUT2D eigenvalue weighted by Gasteiger charge is 2.21. The zero-order valence-electron chi connectivity index (χ0n) is 15.8. The van der Waals surface area contributed by atoms with Crippen molar-refractivity contribution in [2.45, 2.75) is 26.3 Å². The first kappa shape index (κ1) is 21.9. The summed E-state index contributed by atoms with van der Waals surface area (Å²) in [5.74, 6) is -1.87. The molecule has 0 aromatic heterocycles. The number of benzene rings is 1. The number of nitro groups is 1. The van der Waals surface area contributed by atoms with Crippen LogP contribution in [0.3, 0.4) is 0 Å². The summed E-state index contributed by atoms with van der Waals surface area (Å²) in [4.78, 5) is 47.6. The molecule has 1 atom stereocenters. The Kier molecular flexibility index (Phi) is 8.18. The second-order valence-electron chi connectivity index (χ2n) is 6.01. The lowest BCUT2D eigenvalue weighted by Gasteiger charge is -2.14. The minimum absolute atomic E-state index is 0.0474. The van der Waals surface area contributed by atoms with Gasteiger partial charge in [0.15, 0.2) is 6.61 Å². The minimum atomic E-state index is -0.873. The Bertz CT molecular complexity index is 719. The van der Waals surface area contributed by atoms with Crippen molar-refractivity contribution in [2.75, 3.05) is 32.1 Å². The maximum atomic E-state index is 12.0. The van der Waals surface area contributed by atoms with Crippen LogP contribution in [0.2, 0.25) is 0 Å². The number of anilines is 1. The lowest BCUT2D eigenvalue weighted by molar-refractivity contribution is -0.384. The summed E-state index contributed by atoms with van der Waals surface area (Å²) in [6.07, 6.45) is 0.767.